The molecule has 0 fully saturated rings. The van der Waals surface area contributed by atoms with E-state index in [-0.39, 0.29) is 11.5 Å². The van der Waals surface area contributed by atoms with E-state index in [1.165, 1.54) is 30.1 Å². The molecule has 0 unspecified atom stereocenters. The Bertz CT molecular complexity index is 657. The quantitative estimate of drug-likeness (QED) is 0.350. The Balaban J connectivity index is 1.90. The molecule has 2 rings (SSSR count). The van der Waals surface area contributed by atoms with Gasteiger partial charge in [-0.15, -0.1) is 5.10 Å². The van der Waals surface area contributed by atoms with E-state index < -0.39 is 0 Å². The van der Waals surface area contributed by atoms with Crippen LogP contribution in [0.2, 0.25) is 0 Å². The third-order valence-electron chi connectivity index (χ3n) is 2.59. The van der Waals surface area contributed by atoms with Gasteiger partial charge in [0.2, 0.25) is 0 Å². The van der Waals surface area contributed by atoms with Crippen LogP contribution in [-0.4, -0.2) is 21.6 Å². The molecule has 0 heterocycles. The monoisotopic (exact) mass is 301 g/mol. The first kappa shape index (κ1) is 14.9. The fourth-order valence-corrected chi connectivity index (χ4v) is 2.15. The Morgan fingerprint density at radius 1 is 1.10 bits per heavy atom. The van der Waals surface area contributed by atoms with E-state index in [4.69, 9.17) is 5.73 Å². The number of nitrogens with zero attached hydrogens (tertiary/aromatic N) is 2. The van der Waals surface area contributed by atoms with Crippen LogP contribution in [0.25, 0.3) is 0 Å². The van der Waals surface area contributed by atoms with Crippen molar-refractivity contribution in [2.75, 3.05) is 0 Å². The van der Waals surface area contributed by atoms with Gasteiger partial charge in [-0.2, -0.15) is 5.10 Å². The van der Waals surface area contributed by atoms with Gasteiger partial charge in [0.05, 0.1) is 6.21 Å². The molecule has 2 aromatic rings. The van der Waals surface area contributed by atoms with Crippen LogP contribution in [0.1, 0.15) is 11.1 Å². The Labute approximate surface area is 126 Å². The maximum Gasteiger partial charge on any atom is 0.180 e. The maximum absolute atomic E-state index is 9.34. The molecule has 0 atom stereocenters. The molecule has 0 aliphatic heterocycles. The van der Waals surface area contributed by atoms with Crippen LogP contribution >= 0.6 is 11.8 Å². The lowest BCUT2D eigenvalue weighted by Crippen LogP contribution is -2.05. The number of thioether (sulfide) groups is 1. The Kier molecular flexibility index (Phi) is 5.22. The van der Waals surface area contributed by atoms with Crippen LogP contribution in [0, 0.1) is 0 Å². The Hall–Kier alpha value is -2.47. The van der Waals surface area contributed by atoms with Gasteiger partial charge in [-0.05, 0) is 29.3 Å². The number of hydrogen-bond acceptors (Lipinski definition) is 5. The number of benzene rings is 2. The summed E-state index contributed by atoms with van der Waals surface area (Å²) in [7, 11) is 0. The van der Waals surface area contributed by atoms with Crippen molar-refractivity contribution in [3.63, 3.8) is 0 Å². The lowest BCUT2D eigenvalue weighted by atomic mass is 10.2. The standard InChI is InChI=1S/C15H15N3O2S/c16-15(21-10-11-4-2-1-3-5-11)18-17-9-12-6-7-13(19)14(20)8-12/h1-9,19-20H,10H2,(H2,16,18). The average molecular weight is 301 g/mol. The second-order valence-corrected chi connectivity index (χ2v) is 5.20. The fourth-order valence-electron chi connectivity index (χ4n) is 1.53. The molecular formula is C15H15N3O2S. The average Bonchev–Trinajstić information content (AvgIpc) is 2.50. The Morgan fingerprint density at radius 2 is 1.86 bits per heavy atom. The van der Waals surface area contributed by atoms with Gasteiger partial charge in [-0.3, -0.25) is 0 Å². The maximum atomic E-state index is 9.34. The SMILES string of the molecule is NC(=NN=Cc1ccc(O)c(O)c1)SCc1ccccc1. The molecule has 0 spiro atoms. The van der Waals surface area contributed by atoms with Crippen molar-refractivity contribution in [3.8, 4) is 11.5 Å². The summed E-state index contributed by atoms with van der Waals surface area (Å²) in [5, 5.41) is 26.6. The molecule has 0 amide bonds. The van der Waals surface area contributed by atoms with E-state index in [0.29, 0.717) is 10.7 Å². The van der Waals surface area contributed by atoms with Crippen molar-refractivity contribution < 1.29 is 10.2 Å². The number of aromatic hydroxyl groups is 2. The van der Waals surface area contributed by atoms with Gasteiger partial charge >= 0.3 is 0 Å². The summed E-state index contributed by atoms with van der Waals surface area (Å²) in [6.07, 6.45) is 1.45. The summed E-state index contributed by atoms with van der Waals surface area (Å²) in [6, 6.07) is 14.3. The molecule has 6 heteroatoms. The minimum atomic E-state index is -0.200. The highest BCUT2D eigenvalue weighted by atomic mass is 32.2. The molecular weight excluding hydrogens is 286 g/mol. The molecule has 0 saturated carbocycles. The third-order valence-corrected chi connectivity index (χ3v) is 3.45. The van der Waals surface area contributed by atoms with Crippen LogP contribution in [0.3, 0.4) is 0 Å². The second-order valence-electron chi connectivity index (χ2n) is 4.21. The summed E-state index contributed by atoms with van der Waals surface area (Å²) < 4.78 is 0. The van der Waals surface area contributed by atoms with Crippen LogP contribution < -0.4 is 5.73 Å². The molecule has 0 aromatic heterocycles. The molecule has 5 nitrogen and oxygen atoms in total. The van der Waals surface area contributed by atoms with Gasteiger partial charge in [-0.25, -0.2) is 0 Å². The number of hydrogen-bond donors (Lipinski definition) is 3. The van der Waals surface area contributed by atoms with Gasteiger partial charge in [0.15, 0.2) is 16.7 Å². The minimum absolute atomic E-state index is 0.173. The first-order valence-corrected chi connectivity index (χ1v) is 7.19. The molecule has 0 saturated heterocycles. The van der Waals surface area contributed by atoms with Crippen molar-refractivity contribution in [1.29, 1.82) is 0 Å². The number of nitrogens with two attached hydrogens (primary N) is 1. The Morgan fingerprint density at radius 3 is 2.57 bits per heavy atom. The largest absolute Gasteiger partial charge is 0.504 e. The van der Waals surface area contributed by atoms with Crippen molar-refractivity contribution in [1.82, 2.24) is 0 Å². The van der Waals surface area contributed by atoms with E-state index in [1.807, 2.05) is 30.3 Å². The van der Waals surface area contributed by atoms with Gasteiger partial charge in [-0.1, -0.05) is 42.1 Å². The molecule has 0 aliphatic carbocycles. The summed E-state index contributed by atoms with van der Waals surface area (Å²) >= 11 is 1.39. The zero-order valence-corrected chi connectivity index (χ0v) is 12.0. The van der Waals surface area contributed by atoms with Crippen molar-refractivity contribution in [3.05, 3.63) is 59.7 Å². The summed E-state index contributed by atoms with van der Waals surface area (Å²) in [5.74, 6) is 0.356. The number of phenols is 2. The van der Waals surface area contributed by atoms with Crippen LogP contribution in [-0.2, 0) is 5.75 Å². The van der Waals surface area contributed by atoms with Gasteiger partial charge in [0.1, 0.15) is 0 Å². The van der Waals surface area contributed by atoms with E-state index >= 15 is 0 Å². The van der Waals surface area contributed by atoms with E-state index in [0.717, 1.165) is 11.3 Å². The van der Waals surface area contributed by atoms with E-state index in [2.05, 4.69) is 10.2 Å². The normalized spacial score (nSPS) is 11.9. The third kappa shape index (κ3) is 4.85. The molecule has 2 aromatic carbocycles. The van der Waals surface area contributed by atoms with E-state index in [1.54, 1.807) is 6.07 Å². The smallest absolute Gasteiger partial charge is 0.180 e. The number of phenolic OH excluding ortho intramolecular Hbond substituents is 2. The van der Waals surface area contributed by atoms with Crippen LogP contribution in [0.15, 0.2) is 58.7 Å². The number of rotatable bonds is 4. The van der Waals surface area contributed by atoms with Crippen LogP contribution in [0.5, 0.6) is 11.5 Å². The molecule has 0 bridgehead atoms. The molecule has 4 N–H and O–H groups in total. The molecule has 0 aliphatic rings. The highest BCUT2D eigenvalue weighted by Gasteiger charge is 1.98. The number of amidine groups is 1. The molecule has 0 radical (unpaired) electrons. The predicted octanol–water partition coefficient (Wildman–Crippen LogP) is 2.68. The summed E-state index contributed by atoms with van der Waals surface area (Å²) in [4.78, 5) is 0. The highest BCUT2D eigenvalue weighted by Crippen LogP contribution is 2.24. The van der Waals surface area contributed by atoms with Crippen LogP contribution in [0.4, 0.5) is 0 Å². The fraction of sp³-hybridized carbons (Fsp3) is 0.0667. The van der Waals surface area contributed by atoms with Gasteiger partial charge < -0.3 is 15.9 Å². The zero-order chi connectivity index (χ0) is 15.1. The van der Waals surface area contributed by atoms with Gasteiger partial charge in [0.25, 0.3) is 0 Å². The highest BCUT2D eigenvalue weighted by molar-refractivity contribution is 8.13. The lowest BCUT2D eigenvalue weighted by Gasteiger charge is -1.99. The molecule has 21 heavy (non-hydrogen) atoms. The summed E-state index contributed by atoms with van der Waals surface area (Å²) in [6.45, 7) is 0. The predicted molar refractivity (Wildman–Crippen MR) is 86.7 cm³/mol. The van der Waals surface area contributed by atoms with Crippen molar-refractivity contribution in [2.24, 2.45) is 15.9 Å². The summed E-state index contributed by atoms with van der Waals surface area (Å²) in [5.41, 5.74) is 7.53. The first-order valence-electron chi connectivity index (χ1n) is 6.20. The molecule has 108 valence electrons. The van der Waals surface area contributed by atoms with E-state index in [9.17, 15) is 10.2 Å². The first-order chi connectivity index (χ1) is 10.1. The zero-order valence-electron chi connectivity index (χ0n) is 11.2. The van der Waals surface area contributed by atoms with Gasteiger partial charge in [0, 0.05) is 5.75 Å². The topological polar surface area (TPSA) is 91.2 Å². The lowest BCUT2D eigenvalue weighted by molar-refractivity contribution is 0.403. The van der Waals surface area contributed by atoms with Crippen molar-refractivity contribution in [2.45, 2.75) is 5.75 Å². The van der Waals surface area contributed by atoms with Crippen molar-refractivity contribution >= 4 is 23.1 Å². The minimum Gasteiger partial charge on any atom is -0.504 e. The second kappa shape index (κ2) is 7.35.